The predicted molar refractivity (Wildman–Crippen MR) is 382 cm³/mol. The number of carbonyl (C=O) groups is 3. The number of nitrogens with one attached hydrogen (secondary N) is 4. The molecule has 11 rings (SSSR count). The zero-order valence-corrected chi connectivity index (χ0v) is 53.4. The first-order chi connectivity index (χ1) is 46.8. The van der Waals surface area contributed by atoms with E-state index in [4.69, 9.17) is 99.3 Å². The van der Waals surface area contributed by atoms with Crippen LogP contribution in [-0.2, 0) is 14.4 Å². The summed E-state index contributed by atoms with van der Waals surface area (Å²) in [5, 5.41) is 42.7. The summed E-state index contributed by atoms with van der Waals surface area (Å²) in [5.74, 6) is -2.94. The number of amides is 3. The maximum Gasteiger partial charge on any atom is 0.272 e. The second-order valence-corrected chi connectivity index (χ2v) is 22.2. The minimum absolute atomic E-state index is 0.0432. The highest BCUT2D eigenvalue weighted by Gasteiger charge is 2.32. The molecule has 488 valence electrons. The Labute approximate surface area is 584 Å². The van der Waals surface area contributed by atoms with E-state index in [1.54, 1.807) is 54.7 Å². The van der Waals surface area contributed by atoms with Crippen LogP contribution >= 0.6 is 23.2 Å². The van der Waals surface area contributed by atoms with Crippen molar-refractivity contribution in [3.8, 4) is 11.5 Å². The van der Waals surface area contributed by atoms with Gasteiger partial charge in [-0.1, -0.05) is 23.2 Å². The second-order valence-electron chi connectivity index (χ2n) is 21.4. The van der Waals surface area contributed by atoms with Crippen LogP contribution in [0.15, 0.2) is 146 Å². The first-order valence-corrected chi connectivity index (χ1v) is 29.9. The average molecular weight is 1370 g/mol. The highest BCUT2D eigenvalue weighted by molar-refractivity contribution is 8.05. The number of aromatic nitrogens is 4. The molecule has 10 N–H and O–H groups in total. The van der Waals surface area contributed by atoms with Gasteiger partial charge in [-0.15, -0.1) is 0 Å². The van der Waals surface area contributed by atoms with Gasteiger partial charge >= 0.3 is 0 Å². The largest absolute Gasteiger partial charge is 0.454 e. The van der Waals surface area contributed by atoms with Crippen molar-refractivity contribution in [2.45, 2.75) is 38.5 Å². The standard InChI is InChI=1S/C15H13FN4O3.C15H14FN3O2.C11H7ClFN3O2.C6H3F2NO2.C5H5ClN2.C4H7NO.B12/c16-12-8-11(20(22)23)3-4-13(12)18-10-5-6-17-14(7-10)19-15(21)9-1-2-9;16-12-7-10(17)3-4-13(12)21-11-5-6-18-14(8-11)19-15(20)9-1-2-9;12-11-5-7(3-4-14-11)15-10-2-1-8(16(17)18)6-9(10)13;7-5-2-1-4(9(10)11)3-6(5)8;6-5-3-4(7)1-2-8-5;5-4(6)3-1-2-3;1-8(2)11(7)12(9(3)4)10(5)6/h3-9H,1-2H2,(H2,17,18,19,21);3-9H,1-2,17H2,(H,18,19,20);1-6H,(H,14,15);1-3H;1-3H,(H2,7,8);3H,1-2H2,(H2,5,6);. The maximum absolute atomic E-state index is 13.9. The third-order valence-corrected chi connectivity index (χ3v) is 13.7. The van der Waals surface area contributed by atoms with Crippen LogP contribution < -0.4 is 43.2 Å². The highest BCUT2D eigenvalue weighted by Crippen LogP contribution is 2.33. The van der Waals surface area contributed by atoms with Crippen LogP contribution in [0.1, 0.15) is 38.5 Å². The molecule has 3 saturated carbocycles. The third-order valence-electron chi connectivity index (χ3n) is 13.3. The molecule has 99 heavy (non-hydrogen) atoms. The van der Waals surface area contributed by atoms with E-state index in [2.05, 4.69) is 41.2 Å². The van der Waals surface area contributed by atoms with E-state index in [-0.39, 0.29) is 69.1 Å². The lowest BCUT2D eigenvalue weighted by Crippen LogP contribution is -2.67. The van der Waals surface area contributed by atoms with E-state index >= 15 is 0 Å². The van der Waals surface area contributed by atoms with E-state index < -0.39 is 81.5 Å². The summed E-state index contributed by atoms with van der Waals surface area (Å²) >= 11 is 11.1. The van der Waals surface area contributed by atoms with Crippen LogP contribution in [-0.4, -0.2) is 139 Å². The fraction of sp³-hybridized carbons (Fsp3) is 0.161. The van der Waals surface area contributed by atoms with Gasteiger partial charge in [0.15, 0.2) is 34.8 Å². The summed E-state index contributed by atoms with van der Waals surface area (Å²) in [7, 11) is 37.9. The number of hydrogen-bond donors (Lipinski definition) is 7. The lowest BCUT2D eigenvalue weighted by atomic mass is 8.53. The van der Waals surface area contributed by atoms with Crippen molar-refractivity contribution in [1.82, 2.24) is 19.9 Å². The Bertz CT molecular complexity index is 4100. The molecule has 3 aliphatic carbocycles. The van der Waals surface area contributed by atoms with Gasteiger partial charge in [0.1, 0.15) is 27.7 Å². The van der Waals surface area contributed by atoms with Crippen molar-refractivity contribution in [3.63, 3.8) is 0 Å². The number of pyridine rings is 4. The van der Waals surface area contributed by atoms with Gasteiger partial charge in [0.05, 0.1) is 44.3 Å². The summed E-state index contributed by atoms with van der Waals surface area (Å²) in [6.45, 7) is 0. The van der Waals surface area contributed by atoms with E-state index in [0.717, 1.165) is 56.7 Å². The average Bonchev–Trinajstić information content (AvgIpc) is 1.85. The Morgan fingerprint density at radius 3 is 1.28 bits per heavy atom. The zero-order chi connectivity index (χ0) is 73.2. The minimum atomic E-state index is -1.21. The maximum atomic E-state index is 13.9. The van der Waals surface area contributed by atoms with Crippen LogP contribution in [0.25, 0.3) is 0 Å². The Morgan fingerprint density at radius 1 is 0.485 bits per heavy atom. The van der Waals surface area contributed by atoms with Gasteiger partial charge in [-0.2, -0.15) is 0 Å². The molecule has 4 heterocycles. The van der Waals surface area contributed by atoms with Crippen molar-refractivity contribution >= 4 is 190 Å². The molecule has 0 unspecified atom stereocenters. The molecule has 0 atom stereocenters. The van der Waals surface area contributed by atoms with E-state index in [0.29, 0.717) is 57.4 Å². The number of primary amides is 1. The molecule has 8 aromatic rings. The van der Waals surface area contributed by atoms with Crippen molar-refractivity contribution < 1.29 is 55.8 Å². The van der Waals surface area contributed by atoms with Crippen molar-refractivity contribution in [3.05, 3.63) is 216 Å². The number of nitrogens with zero attached hydrogens (tertiary/aromatic N) is 7. The molecule has 14 radical (unpaired) electrons. The fourth-order valence-corrected chi connectivity index (χ4v) is 7.99. The summed E-state index contributed by atoms with van der Waals surface area (Å²) in [6.07, 6.45) is 8.43. The molecule has 4 aromatic heterocycles. The lowest BCUT2D eigenvalue weighted by Gasteiger charge is -2.29. The molecular weight excluding hydrogens is 1320 g/mol. The van der Waals surface area contributed by atoms with Gasteiger partial charge < -0.3 is 43.2 Å². The number of hydrogen-bond acceptors (Lipinski definition) is 18. The number of nitro groups is 3. The van der Waals surface area contributed by atoms with Crippen molar-refractivity contribution in [2.24, 2.45) is 23.5 Å². The number of carbonyl (C=O) groups excluding carboxylic acids is 3. The molecule has 0 aliphatic heterocycles. The number of nitrogens with two attached hydrogens (primary N) is 3. The number of benzene rings is 4. The van der Waals surface area contributed by atoms with Gasteiger partial charge in [0.2, 0.25) is 17.7 Å². The molecule has 0 saturated heterocycles. The monoisotopic (exact) mass is 1370 g/mol. The molecule has 4 aromatic carbocycles. The molecule has 0 bridgehead atoms. The smallest absolute Gasteiger partial charge is 0.272 e. The molecule has 43 heteroatoms. The summed E-state index contributed by atoms with van der Waals surface area (Å²) in [4.78, 5) is 77.9. The van der Waals surface area contributed by atoms with Gasteiger partial charge in [-0.25, -0.2) is 41.9 Å². The number of anilines is 8. The predicted octanol–water partition coefficient (Wildman–Crippen LogP) is 8.19. The molecule has 3 aliphatic rings. The summed E-state index contributed by atoms with van der Waals surface area (Å²) in [5.41, 5.74) is 16.9. The summed E-state index contributed by atoms with van der Waals surface area (Å²) < 4.78 is 71.0. The fourth-order valence-electron chi connectivity index (χ4n) is 7.63. The number of non-ortho nitro benzene ring substituents is 3. The topological polar surface area (TPSA) is 368 Å². The lowest BCUT2D eigenvalue weighted by molar-refractivity contribution is -0.385. The Morgan fingerprint density at radius 2 is 0.909 bits per heavy atom. The van der Waals surface area contributed by atoms with Crippen LogP contribution in [0.2, 0.25) is 10.3 Å². The van der Waals surface area contributed by atoms with Crippen molar-refractivity contribution in [2.75, 3.05) is 32.7 Å². The molecular formula is C56H49B12Cl2F5N14O10. The SMILES string of the molecule is NC(=O)C1CC1.Nc1ccc(Oc2ccnc(NC(=O)C3CC3)c2)c(F)c1.Nc1ccnc(Cl)c1.O=C(Nc1cc(Nc2ccc([N+](=O)[O-])cc2F)ccn1)C1CC1.O=[N+]([O-])c1ccc(F)c(F)c1.O=[N+]([O-])c1ccc(Nc2ccnc(Cl)c2)c(F)c1.[B]B([B])B([B])B(B([B])[B])B([B])[B]. The minimum Gasteiger partial charge on any atom is -0.454 e. The number of rotatable bonds is 18. The number of ether oxygens (including phenoxy) is 1. The molecule has 0 spiro atoms. The van der Waals surface area contributed by atoms with Gasteiger partial charge in [0, 0.05) is 188 Å². The zero-order valence-electron chi connectivity index (χ0n) is 51.9. The van der Waals surface area contributed by atoms with Gasteiger partial charge in [-0.05, 0) is 105 Å². The quantitative estimate of drug-likeness (QED) is 0.0106. The normalized spacial score (nSPS) is 12.0. The highest BCUT2D eigenvalue weighted by atomic mass is 35.5. The van der Waals surface area contributed by atoms with Crippen LogP contribution in [0, 0.1) is 77.2 Å². The number of halogens is 7. The Kier molecular flexibility index (Phi) is 31.3. The Hall–Kier alpha value is -9.90. The van der Waals surface area contributed by atoms with Crippen LogP contribution in [0.4, 0.5) is 84.8 Å². The second kappa shape index (κ2) is 38.9. The van der Waals surface area contributed by atoms with Crippen LogP contribution in [0.5, 0.6) is 11.5 Å². The molecule has 3 amide bonds. The van der Waals surface area contributed by atoms with Crippen LogP contribution in [0.3, 0.4) is 0 Å². The van der Waals surface area contributed by atoms with E-state index in [1.807, 2.05) is 0 Å². The molecule has 3 fully saturated rings. The van der Waals surface area contributed by atoms with E-state index in [9.17, 15) is 66.7 Å². The molecule has 24 nitrogen and oxygen atoms in total. The summed E-state index contributed by atoms with van der Waals surface area (Å²) in [6, 6.07) is 25.8. The van der Waals surface area contributed by atoms with Gasteiger partial charge in [0.25, 0.3) is 17.1 Å². The van der Waals surface area contributed by atoms with Gasteiger partial charge in [-0.3, -0.25) is 44.7 Å². The third kappa shape index (κ3) is 28.6. The first kappa shape index (κ1) is 79.8. The van der Waals surface area contributed by atoms with Crippen molar-refractivity contribution in [1.29, 1.82) is 0 Å². The number of nitro benzene ring substituents is 3. The number of nitrogen functional groups attached to an aromatic ring is 2. The first-order valence-electron chi connectivity index (χ1n) is 29.1. The Balaban J connectivity index is 0.000000217. The van der Waals surface area contributed by atoms with E-state index in [1.165, 1.54) is 61.1 Å².